The minimum Gasteiger partial charge on any atom is -0.319 e. The van der Waals surface area contributed by atoms with Crippen LogP contribution in [0.4, 0.5) is 0 Å². The summed E-state index contributed by atoms with van der Waals surface area (Å²) in [4.78, 5) is 0. The Balaban J connectivity index is 2.91. The molecule has 72 valence electrons. The Morgan fingerprint density at radius 3 is 2.77 bits per heavy atom. The number of halogens is 1. The van der Waals surface area contributed by atoms with Crippen LogP contribution >= 0.6 is 11.6 Å². The van der Waals surface area contributed by atoms with Gasteiger partial charge in [-0.05, 0) is 31.5 Å². The third-order valence-corrected chi connectivity index (χ3v) is 2.54. The highest BCUT2D eigenvalue weighted by molar-refractivity contribution is 6.31. The predicted octanol–water partition coefficient (Wildman–Crippen LogP) is 2.97. The van der Waals surface area contributed by atoms with E-state index in [1.807, 2.05) is 19.2 Å². The van der Waals surface area contributed by atoms with Crippen LogP contribution in [0.5, 0.6) is 0 Å². The zero-order valence-electron chi connectivity index (χ0n) is 8.39. The molecule has 0 saturated heterocycles. The van der Waals surface area contributed by atoms with Gasteiger partial charge in [0.25, 0.3) is 0 Å². The number of benzene rings is 1. The smallest absolute Gasteiger partial charge is 0.0441 e. The first kappa shape index (κ1) is 10.6. The molecule has 1 aromatic carbocycles. The van der Waals surface area contributed by atoms with Gasteiger partial charge in [-0.15, -0.1) is 0 Å². The molecule has 0 aliphatic heterocycles. The number of aryl methyl sites for hydroxylation is 1. The van der Waals surface area contributed by atoms with Crippen molar-refractivity contribution in [2.45, 2.75) is 19.8 Å². The standard InChI is InChI=1S/C11H16ClN/c1-8-4-5-11(12)10(6-8)9(2)7-13-3/h4-6,9,13H,7H2,1-3H3. The number of nitrogens with one attached hydrogen (secondary N) is 1. The Kier molecular flexibility index (Phi) is 3.76. The molecule has 0 bridgehead atoms. The topological polar surface area (TPSA) is 12.0 Å². The molecule has 0 fully saturated rings. The quantitative estimate of drug-likeness (QED) is 0.786. The molecule has 1 nitrogen and oxygen atoms in total. The minimum absolute atomic E-state index is 0.470. The Hall–Kier alpha value is -0.530. The normalized spacial score (nSPS) is 12.9. The van der Waals surface area contributed by atoms with E-state index in [-0.39, 0.29) is 0 Å². The van der Waals surface area contributed by atoms with Gasteiger partial charge in [-0.3, -0.25) is 0 Å². The first-order valence-corrected chi connectivity index (χ1v) is 4.93. The lowest BCUT2D eigenvalue weighted by Gasteiger charge is -2.13. The van der Waals surface area contributed by atoms with Gasteiger partial charge in [0.1, 0.15) is 0 Å². The van der Waals surface area contributed by atoms with E-state index in [0.29, 0.717) is 5.92 Å². The summed E-state index contributed by atoms with van der Waals surface area (Å²) in [5, 5.41) is 4.02. The largest absolute Gasteiger partial charge is 0.319 e. The molecule has 1 rings (SSSR count). The van der Waals surface area contributed by atoms with Crippen LogP contribution in [0.2, 0.25) is 5.02 Å². The molecule has 0 aliphatic carbocycles. The summed E-state index contributed by atoms with van der Waals surface area (Å²) in [5.41, 5.74) is 2.50. The lowest BCUT2D eigenvalue weighted by molar-refractivity contribution is 0.677. The highest BCUT2D eigenvalue weighted by Crippen LogP contribution is 2.24. The number of hydrogen-bond acceptors (Lipinski definition) is 1. The maximum Gasteiger partial charge on any atom is 0.0441 e. The summed E-state index contributed by atoms with van der Waals surface area (Å²) in [6, 6.07) is 6.17. The van der Waals surface area contributed by atoms with Gasteiger partial charge < -0.3 is 5.32 Å². The molecular formula is C11H16ClN. The monoisotopic (exact) mass is 197 g/mol. The number of rotatable bonds is 3. The van der Waals surface area contributed by atoms with E-state index >= 15 is 0 Å². The Morgan fingerprint density at radius 1 is 1.46 bits per heavy atom. The molecule has 1 atom stereocenters. The highest BCUT2D eigenvalue weighted by atomic mass is 35.5. The summed E-state index contributed by atoms with van der Waals surface area (Å²) in [6.45, 7) is 5.23. The summed E-state index contributed by atoms with van der Waals surface area (Å²) in [7, 11) is 1.96. The van der Waals surface area contributed by atoms with Gasteiger partial charge in [0, 0.05) is 11.6 Å². The average Bonchev–Trinajstić information content (AvgIpc) is 2.09. The Morgan fingerprint density at radius 2 is 2.15 bits per heavy atom. The van der Waals surface area contributed by atoms with Crippen LogP contribution in [0.3, 0.4) is 0 Å². The van der Waals surface area contributed by atoms with Crippen LogP contribution in [0, 0.1) is 6.92 Å². The fraction of sp³-hybridized carbons (Fsp3) is 0.455. The first-order valence-electron chi connectivity index (χ1n) is 4.55. The maximum absolute atomic E-state index is 6.10. The van der Waals surface area contributed by atoms with Crippen molar-refractivity contribution >= 4 is 11.6 Å². The first-order chi connectivity index (χ1) is 6.15. The molecule has 0 aromatic heterocycles. The Bertz CT molecular complexity index is 283. The summed E-state index contributed by atoms with van der Waals surface area (Å²) in [6.07, 6.45) is 0. The Labute approximate surface area is 85.1 Å². The fourth-order valence-corrected chi connectivity index (χ4v) is 1.76. The zero-order chi connectivity index (χ0) is 9.84. The predicted molar refractivity (Wildman–Crippen MR) is 58.5 cm³/mol. The minimum atomic E-state index is 0.470. The van der Waals surface area contributed by atoms with E-state index < -0.39 is 0 Å². The molecule has 0 spiro atoms. The van der Waals surface area contributed by atoms with Crippen molar-refractivity contribution < 1.29 is 0 Å². The molecule has 0 saturated carbocycles. The summed E-state index contributed by atoms with van der Waals surface area (Å²) >= 11 is 6.10. The van der Waals surface area contributed by atoms with Crippen molar-refractivity contribution in [1.82, 2.24) is 5.32 Å². The second-order valence-electron chi connectivity index (χ2n) is 3.48. The molecule has 1 N–H and O–H groups in total. The van der Waals surface area contributed by atoms with Crippen LogP contribution in [0.15, 0.2) is 18.2 Å². The number of likely N-dealkylation sites (N-methyl/N-ethyl adjacent to an activating group) is 1. The fourth-order valence-electron chi connectivity index (χ4n) is 1.46. The average molecular weight is 198 g/mol. The van der Waals surface area contributed by atoms with Gasteiger partial charge in [-0.1, -0.05) is 36.2 Å². The molecule has 0 amide bonds. The molecule has 1 unspecified atom stereocenters. The van der Waals surface area contributed by atoms with Crippen LogP contribution in [-0.2, 0) is 0 Å². The van der Waals surface area contributed by atoms with E-state index in [4.69, 9.17) is 11.6 Å². The molecule has 0 heterocycles. The summed E-state index contributed by atoms with van der Waals surface area (Å²) < 4.78 is 0. The van der Waals surface area contributed by atoms with Crippen molar-refractivity contribution in [2.24, 2.45) is 0 Å². The van der Waals surface area contributed by atoms with Crippen LogP contribution in [0.1, 0.15) is 24.0 Å². The van der Waals surface area contributed by atoms with Crippen molar-refractivity contribution in [1.29, 1.82) is 0 Å². The second kappa shape index (κ2) is 4.64. The summed E-state index contributed by atoms with van der Waals surface area (Å²) in [5.74, 6) is 0.470. The van der Waals surface area contributed by atoms with Crippen molar-refractivity contribution in [3.8, 4) is 0 Å². The van der Waals surface area contributed by atoms with Crippen molar-refractivity contribution in [3.05, 3.63) is 34.3 Å². The van der Waals surface area contributed by atoms with Gasteiger partial charge in [0.15, 0.2) is 0 Å². The molecular weight excluding hydrogens is 182 g/mol. The molecule has 1 aromatic rings. The lowest BCUT2D eigenvalue weighted by atomic mass is 9.99. The van der Waals surface area contributed by atoms with E-state index in [0.717, 1.165) is 11.6 Å². The van der Waals surface area contributed by atoms with E-state index in [2.05, 4.69) is 25.2 Å². The van der Waals surface area contributed by atoms with E-state index in [1.54, 1.807) is 0 Å². The van der Waals surface area contributed by atoms with Crippen molar-refractivity contribution in [3.63, 3.8) is 0 Å². The SMILES string of the molecule is CNCC(C)c1cc(C)ccc1Cl. The van der Waals surface area contributed by atoms with Gasteiger partial charge in [-0.25, -0.2) is 0 Å². The van der Waals surface area contributed by atoms with Crippen LogP contribution in [0.25, 0.3) is 0 Å². The van der Waals surface area contributed by atoms with Crippen LogP contribution < -0.4 is 5.32 Å². The van der Waals surface area contributed by atoms with Gasteiger partial charge >= 0.3 is 0 Å². The molecule has 13 heavy (non-hydrogen) atoms. The third-order valence-electron chi connectivity index (χ3n) is 2.19. The zero-order valence-corrected chi connectivity index (χ0v) is 9.15. The van der Waals surface area contributed by atoms with Crippen LogP contribution in [-0.4, -0.2) is 13.6 Å². The van der Waals surface area contributed by atoms with E-state index in [1.165, 1.54) is 11.1 Å². The molecule has 0 aliphatic rings. The van der Waals surface area contributed by atoms with Gasteiger partial charge in [0.2, 0.25) is 0 Å². The number of hydrogen-bond donors (Lipinski definition) is 1. The second-order valence-corrected chi connectivity index (χ2v) is 3.89. The van der Waals surface area contributed by atoms with Crippen molar-refractivity contribution in [2.75, 3.05) is 13.6 Å². The van der Waals surface area contributed by atoms with E-state index in [9.17, 15) is 0 Å². The van der Waals surface area contributed by atoms with Gasteiger partial charge in [-0.2, -0.15) is 0 Å². The lowest BCUT2D eigenvalue weighted by Crippen LogP contribution is -2.15. The highest BCUT2D eigenvalue weighted by Gasteiger charge is 2.08. The molecule has 2 heteroatoms. The third kappa shape index (κ3) is 2.71. The maximum atomic E-state index is 6.10. The molecule has 0 radical (unpaired) electrons. The van der Waals surface area contributed by atoms with Gasteiger partial charge in [0.05, 0.1) is 0 Å².